The molecule has 9 heteroatoms. The highest BCUT2D eigenvalue weighted by Gasteiger charge is 2.36. The summed E-state index contributed by atoms with van der Waals surface area (Å²) in [5.74, 6) is -3.26. The molecule has 2 heterocycles. The number of methoxy groups -OCH3 is 1. The van der Waals surface area contributed by atoms with E-state index < -0.39 is 17.8 Å². The fraction of sp³-hybridized carbons (Fsp3) is 0.684. The first kappa shape index (κ1) is 20.7. The molecule has 1 aliphatic carbocycles. The first-order valence-electron chi connectivity index (χ1n) is 9.56. The normalized spacial score (nSPS) is 24.8. The summed E-state index contributed by atoms with van der Waals surface area (Å²) in [6, 6.07) is 0.940. The van der Waals surface area contributed by atoms with Crippen LogP contribution in [0.25, 0.3) is 0 Å². The number of nitrogens with one attached hydrogen (secondary N) is 2. The molecular formula is C19H26F3N3O3. The Kier molecular flexibility index (Phi) is 6.32. The number of hydrogen-bond acceptors (Lipinski definition) is 5. The van der Waals surface area contributed by atoms with E-state index in [1.807, 2.05) is 0 Å². The minimum absolute atomic E-state index is 0.0639. The monoisotopic (exact) mass is 401 g/mol. The first-order valence-corrected chi connectivity index (χ1v) is 9.56. The highest BCUT2D eigenvalue weighted by atomic mass is 19.3. The van der Waals surface area contributed by atoms with Gasteiger partial charge in [-0.1, -0.05) is 6.92 Å². The quantitative estimate of drug-likeness (QED) is 0.767. The number of ether oxygens (including phenoxy) is 2. The second-order valence-corrected chi connectivity index (χ2v) is 7.64. The number of alkyl halides is 2. The third kappa shape index (κ3) is 5.06. The van der Waals surface area contributed by atoms with Gasteiger partial charge in [0, 0.05) is 24.9 Å². The fourth-order valence-corrected chi connectivity index (χ4v) is 3.59. The topological polar surface area (TPSA) is 72.5 Å². The zero-order chi connectivity index (χ0) is 20.3. The Morgan fingerprint density at radius 3 is 2.68 bits per heavy atom. The van der Waals surface area contributed by atoms with Gasteiger partial charge in [-0.2, -0.15) is 4.98 Å². The van der Waals surface area contributed by atoms with Crippen molar-refractivity contribution < 1.29 is 27.4 Å². The van der Waals surface area contributed by atoms with Gasteiger partial charge >= 0.3 is 0 Å². The van der Waals surface area contributed by atoms with Crippen LogP contribution in [-0.2, 0) is 11.3 Å². The van der Waals surface area contributed by atoms with E-state index in [0.29, 0.717) is 11.5 Å². The number of hydrogen-bond donors (Lipinski definition) is 2. The van der Waals surface area contributed by atoms with Crippen molar-refractivity contribution in [1.29, 1.82) is 0 Å². The molecule has 1 amide bonds. The summed E-state index contributed by atoms with van der Waals surface area (Å²) in [7, 11) is 1.39. The molecule has 2 unspecified atom stereocenters. The molecule has 2 N–H and O–H groups in total. The second-order valence-electron chi connectivity index (χ2n) is 7.64. The minimum Gasteiger partial charge on any atom is -0.481 e. The van der Waals surface area contributed by atoms with Gasteiger partial charge in [-0.15, -0.1) is 0 Å². The molecule has 0 bridgehead atoms. The van der Waals surface area contributed by atoms with E-state index in [-0.39, 0.29) is 55.9 Å². The molecule has 1 aromatic heterocycles. The number of aromatic nitrogens is 1. The van der Waals surface area contributed by atoms with E-state index in [1.165, 1.54) is 13.2 Å². The van der Waals surface area contributed by atoms with E-state index in [0.717, 1.165) is 13.0 Å². The highest BCUT2D eigenvalue weighted by Crippen LogP contribution is 2.35. The molecule has 3 rings (SSSR count). The van der Waals surface area contributed by atoms with Crippen molar-refractivity contribution in [2.45, 2.75) is 63.6 Å². The number of carbonyl (C=O) groups is 1. The maximum atomic E-state index is 14.4. The molecule has 6 nitrogen and oxygen atoms in total. The average Bonchev–Trinajstić information content (AvgIpc) is 3.09. The molecular weight excluding hydrogens is 375 g/mol. The zero-order valence-electron chi connectivity index (χ0n) is 16.1. The van der Waals surface area contributed by atoms with E-state index in [9.17, 15) is 18.0 Å². The van der Waals surface area contributed by atoms with Gasteiger partial charge in [0.25, 0.3) is 5.88 Å². The molecule has 2 fully saturated rings. The van der Waals surface area contributed by atoms with Crippen LogP contribution in [0.3, 0.4) is 0 Å². The SMILES string of the molecule is COc1nc(OC2CCC(F)(F)CC2)c(F)cc1CNC(=O)C1CC(C)CN1. The summed E-state index contributed by atoms with van der Waals surface area (Å²) in [5.41, 5.74) is 0.377. The Morgan fingerprint density at radius 2 is 2.07 bits per heavy atom. The lowest BCUT2D eigenvalue weighted by Gasteiger charge is -2.28. The van der Waals surface area contributed by atoms with Crippen LogP contribution in [0.15, 0.2) is 6.07 Å². The number of pyridine rings is 1. The average molecular weight is 401 g/mol. The molecule has 2 aliphatic rings. The maximum absolute atomic E-state index is 14.4. The van der Waals surface area contributed by atoms with Crippen molar-refractivity contribution in [3.05, 3.63) is 17.4 Å². The smallest absolute Gasteiger partial charge is 0.254 e. The minimum atomic E-state index is -2.68. The Labute approximate surface area is 162 Å². The lowest BCUT2D eigenvalue weighted by molar-refractivity contribution is -0.123. The summed E-state index contributed by atoms with van der Waals surface area (Å²) in [6.07, 6.45) is -0.0412. The molecule has 2 atom stereocenters. The van der Waals surface area contributed by atoms with Crippen LogP contribution in [0.4, 0.5) is 13.2 Å². The van der Waals surface area contributed by atoms with E-state index >= 15 is 0 Å². The van der Waals surface area contributed by atoms with E-state index in [1.54, 1.807) is 0 Å². The number of nitrogens with zero attached hydrogens (tertiary/aromatic N) is 1. The predicted molar refractivity (Wildman–Crippen MR) is 96.0 cm³/mol. The van der Waals surface area contributed by atoms with Crippen molar-refractivity contribution in [2.24, 2.45) is 5.92 Å². The molecule has 28 heavy (non-hydrogen) atoms. The van der Waals surface area contributed by atoms with Crippen LogP contribution in [0.1, 0.15) is 44.6 Å². The Balaban J connectivity index is 1.62. The lowest BCUT2D eigenvalue weighted by atomic mass is 9.94. The number of amides is 1. The van der Waals surface area contributed by atoms with Crippen LogP contribution in [-0.4, -0.2) is 42.6 Å². The molecule has 156 valence electrons. The van der Waals surface area contributed by atoms with Gasteiger partial charge < -0.3 is 20.1 Å². The maximum Gasteiger partial charge on any atom is 0.254 e. The third-order valence-corrected chi connectivity index (χ3v) is 5.24. The van der Waals surface area contributed by atoms with Gasteiger partial charge in [-0.05, 0) is 37.8 Å². The fourth-order valence-electron chi connectivity index (χ4n) is 3.59. The standard InChI is InChI=1S/C19H26F3N3O3/c1-11-7-15(23-9-11)16(26)24-10-12-8-14(20)18(25-17(12)27-2)28-13-3-5-19(21,22)6-4-13/h8,11,13,15,23H,3-7,9-10H2,1-2H3,(H,24,26). The number of rotatable bonds is 6. The Morgan fingerprint density at radius 1 is 1.36 bits per heavy atom. The van der Waals surface area contributed by atoms with Crippen molar-refractivity contribution in [1.82, 2.24) is 15.6 Å². The molecule has 0 radical (unpaired) electrons. The Hall–Kier alpha value is -2.03. The van der Waals surface area contributed by atoms with Gasteiger partial charge in [0.15, 0.2) is 5.82 Å². The van der Waals surface area contributed by atoms with Crippen LogP contribution in [0.2, 0.25) is 0 Å². The predicted octanol–water partition coefficient (Wildman–Crippen LogP) is 2.80. The molecule has 0 aromatic carbocycles. The van der Waals surface area contributed by atoms with Crippen molar-refractivity contribution in [2.75, 3.05) is 13.7 Å². The largest absolute Gasteiger partial charge is 0.481 e. The Bertz CT molecular complexity index is 707. The van der Waals surface area contributed by atoms with Gasteiger partial charge in [0.05, 0.1) is 13.2 Å². The number of carbonyl (C=O) groups excluding carboxylic acids is 1. The van der Waals surface area contributed by atoms with E-state index in [4.69, 9.17) is 9.47 Å². The van der Waals surface area contributed by atoms with Crippen LogP contribution in [0.5, 0.6) is 11.8 Å². The van der Waals surface area contributed by atoms with Gasteiger partial charge in [-0.3, -0.25) is 4.79 Å². The number of halogens is 3. The van der Waals surface area contributed by atoms with E-state index in [2.05, 4.69) is 22.5 Å². The molecule has 1 aliphatic heterocycles. The summed E-state index contributed by atoms with van der Waals surface area (Å²) < 4.78 is 51.6. The molecule has 1 saturated heterocycles. The van der Waals surface area contributed by atoms with Crippen LogP contribution < -0.4 is 20.1 Å². The van der Waals surface area contributed by atoms with Crippen molar-refractivity contribution in [3.63, 3.8) is 0 Å². The summed E-state index contributed by atoms with van der Waals surface area (Å²) in [6.45, 7) is 2.92. The molecule has 0 spiro atoms. The van der Waals surface area contributed by atoms with Gasteiger partial charge in [-0.25, -0.2) is 13.2 Å². The third-order valence-electron chi connectivity index (χ3n) is 5.24. The lowest BCUT2D eigenvalue weighted by Crippen LogP contribution is -2.40. The van der Waals surface area contributed by atoms with Crippen LogP contribution >= 0.6 is 0 Å². The molecule has 1 aromatic rings. The van der Waals surface area contributed by atoms with Crippen LogP contribution in [0, 0.1) is 11.7 Å². The summed E-state index contributed by atoms with van der Waals surface area (Å²) in [4.78, 5) is 16.3. The second kappa shape index (κ2) is 8.55. The van der Waals surface area contributed by atoms with Crippen molar-refractivity contribution >= 4 is 5.91 Å². The first-order chi connectivity index (χ1) is 13.3. The summed E-state index contributed by atoms with van der Waals surface area (Å²) in [5, 5.41) is 5.90. The van der Waals surface area contributed by atoms with Gasteiger partial charge in [0.2, 0.25) is 17.7 Å². The summed E-state index contributed by atoms with van der Waals surface area (Å²) >= 11 is 0. The molecule has 1 saturated carbocycles. The van der Waals surface area contributed by atoms with Gasteiger partial charge in [0.1, 0.15) is 6.10 Å². The zero-order valence-corrected chi connectivity index (χ0v) is 16.1. The highest BCUT2D eigenvalue weighted by molar-refractivity contribution is 5.82. The van der Waals surface area contributed by atoms with Crippen molar-refractivity contribution in [3.8, 4) is 11.8 Å².